The predicted octanol–water partition coefficient (Wildman–Crippen LogP) is 2.46. The normalized spacial score (nSPS) is 12.5. The summed E-state index contributed by atoms with van der Waals surface area (Å²) in [6.45, 7) is 0. The first kappa shape index (κ1) is 8.72. The summed E-state index contributed by atoms with van der Waals surface area (Å²) in [5.74, 6) is 0. The van der Waals surface area contributed by atoms with Crippen molar-refractivity contribution in [2.24, 2.45) is 0 Å². The van der Waals surface area contributed by atoms with Gasteiger partial charge in [0.1, 0.15) is 0 Å². The quantitative estimate of drug-likeness (QED) is 0.851. The summed E-state index contributed by atoms with van der Waals surface area (Å²) in [6.07, 6.45) is -0.504. The van der Waals surface area contributed by atoms with Gasteiger partial charge in [0.15, 0.2) is 0 Å². The maximum atomic E-state index is 9.34. The minimum Gasteiger partial charge on any atom is -0.387 e. The van der Waals surface area contributed by atoms with Gasteiger partial charge in [0.05, 0.1) is 18.6 Å². The molecule has 1 aromatic heterocycles. The van der Waals surface area contributed by atoms with Crippen molar-refractivity contribution >= 4 is 27.3 Å². The highest BCUT2D eigenvalue weighted by atomic mass is 79.9. The lowest BCUT2D eigenvalue weighted by molar-refractivity contribution is 0.183. The average molecular weight is 232 g/mol. The van der Waals surface area contributed by atoms with E-state index in [0.717, 1.165) is 10.0 Å². The van der Waals surface area contributed by atoms with Gasteiger partial charge < -0.3 is 5.11 Å². The van der Waals surface area contributed by atoms with Crippen LogP contribution in [0.5, 0.6) is 0 Å². The lowest BCUT2D eigenvalue weighted by atomic mass is 10.1. The first-order valence-electron chi connectivity index (χ1n) is 3.02. The molecule has 0 bridgehead atoms. The fourth-order valence-corrected chi connectivity index (χ4v) is 2.33. The Kier molecular flexibility index (Phi) is 3.06. The Balaban J connectivity index is 2.77. The molecule has 0 aliphatic heterocycles. The standard InChI is InChI=1S/C7H6BrNOS/c8-6-4-11-3-5(6)7(10)1-2-9/h3-4,7,10H,1H2. The Bertz CT molecular complexity index is 278. The molecule has 0 aliphatic carbocycles. The second kappa shape index (κ2) is 3.86. The molecule has 4 heteroatoms. The molecule has 1 rings (SSSR count). The first-order chi connectivity index (χ1) is 5.25. The number of aliphatic hydroxyl groups is 1. The topological polar surface area (TPSA) is 44.0 Å². The van der Waals surface area contributed by atoms with E-state index in [-0.39, 0.29) is 6.42 Å². The minimum atomic E-state index is -0.652. The van der Waals surface area contributed by atoms with E-state index in [1.54, 1.807) is 0 Å². The van der Waals surface area contributed by atoms with Crippen LogP contribution >= 0.6 is 27.3 Å². The number of rotatable bonds is 2. The molecule has 0 spiro atoms. The fraction of sp³-hybridized carbons (Fsp3) is 0.286. The molecule has 0 fully saturated rings. The number of aliphatic hydroxyl groups excluding tert-OH is 1. The predicted molar refractivity (Wildman–Crippen MR) is 47.2 cm³/mol. The molecule has 0 radical (unpaired) electrons. The van der Waals surface area contributed by atoms with Crippen molar-refractivity contribution < 1.29 is 5.11 Å². The number of nitrogens with zero attached hydrogens (tertiary/aromatic N) is 1. The van der Waals surface area contributed by atoms with Crippen molar-refractivity contribution in [3.8, 4) is 6.07 Å². The van der Waals surface area contributed by atoms with Crippen molar-refractivity contribution in [3.05, 3.63) is 20.8 Å². The third-order valence-electron chi connectivity index (χ3n) is 1.29. The second-order valence-corrected chi connectivity index (χ2v) is 3.65. The van der Waals surface area contributed by atoms with E-state index < -0.39 is 6.10 Å². The average Bonchev–Trinajstić information content (AvgIpc) is 2.36. The van der Waals surface area contributed by atoms with E-state index in [1.165, 1.54) is 11.3 Å². The molecule has 1 N–H and O–H groups in total. The van der Waals surface area contributed by atoms with E-state index in [2.05, 4.69) is 15.9 Å². The third kappa shape index (κ3) is 2.03. The Morgan fingerprint density at radius 2 is 2.45 bits per heavy atom. The Labute approximate surface area is 77.2 Å². The summed E-state index contributed by atoms with van der Waals surface area (Å²) in [5, 5.41) is 21.4. The highest BCUT2D eigenvalue weighted by molar-refractivity contribution is 9.10. The molecule has 1 aromatic rings. The summed E-state index contributed by atoms with van der Waals surface area (Å²) in [5.41, 5.74) is 0.802. The van der Waals surface area contributed by atoms with Crippen LogP contribution in [0, 0.1) is 11.3 Å². The Morgan fingerprint density at radius 1 is 1.73 bits per heavy atom. The van der Waals surface area contributed by atoms with E-state index in [1.807, 2.05) is 16.8 Å². The SMILES string of the molecule is N#CCC(O)c1cscc1Br. The van der Waals surface area contributed by atoms with Crippen LogP contribution in [0.15, 0.2) is 15.2 Å². The van der Waals surface area contributed by atoms with Crippen molar-refractivity contribution in [1.82, 2.24) is 0 Å². The van der Waals surface area contributed by atoms with Crippen LogP contribution in [0.1, 0.15) is 18.1 Å². The highest BCUT2D eigenvalue weighted by Crippen LogP contribution is 2.28. The van der Waals surface area contributed by atoms with Crippen LogP contribution in [0.25, 0.3) is 0 Å². The molecule has 58 valence electrons. The minimum absolute atomic E-state index is 0.148. The van der Waals surface area contributed by atoms with E-state index in [4.69, 9.17) is 5.26 Å². The van der Waals surface area contributed by atoms with Gasteiger partial charge in [0.2, 0.25) is 0 Å². The number of thiophene rings is 1. The van der Waals surface area contributed by atoms with Crippen LogP contribution in [-0.2, 0) is 0 Å². The maximum Gasteiger partial charge on any atom is 0.0938 e. The molecule has 1 unspecified atom stereocenters. The van der Waals surface area contributed by atoms with Gasteiger partial charge in [-0.25, -0.2) is 0 Å². The third-order valence-corrected chi connectivity index (χ3v) is 3.04. The highest BCUT2D eigenvalue weighted by Gasteiger charge is 2.10. The van der Waals surface area contributed by atoms with Gasteiger partial charge in [-0.3, -0.25) is 0 Å². The lowest BCUT2D eigenvalue weighted by Gasteiger charge is -2.02. The molecule has 1 atom stereocenters. The van der Waals surface area contributed by atoms with Gasteiger partial charge in [0, 0.05) is 15.4 Å². The fourth-order valence-electron chi connectivity index (χ4n) is 0.726. The molecule has 0 aliphatic rings. The zero-order chi connectivity index (χ0) is 8.27. The lowest BCUT2D eigenvalue weighted by Crippen LogP contribution is -1.93. The van der Waals surface area contributed by atoms with E-state index in [9.17, 15) is 5.11 Å². The number of halogens is 1. The van der Waals surface area contributed by atoms with Gasteiger partial charge >= 0.3 is 0 Å². The van der Waals surface area contributed by atoms with Crippen molar-refractivity contribution in [1.29, 1.82) is 5.26 Å². The Morgan fingerprint density at radius 3 is 2.91 bits per heavy atom. The largest absolute Gasteiger partial charge is 0.387 e. The van der Waals surface area contributed by atoms with E-state index in [0.29, 0.717) is 0 Å². The molecule has 0 saturated heterocycles. The van der Waals surface area contributed by atoms with Crippen molar-refractivity contribution in [2.45, 2.75) is 12.5 Å². The monoisotopic (exact) mass is 231 g/mol. The molecule has 0 saturated carbocycles. The molecule has 11 heavy (non-hydrogen) atoms. The van der Waals surface area contributed by atoms with Crippen LogP contribution in [0.2, 0.25) is 0 Å². The van der Waals surface area contributed by atoms with Gasteiger partial charge in [-0.05, 0) is 21.3 Å². The molecule has 0 amide bonds. The summed E-state index contributed by atoms with van der Waals surface area (Å²) in [7, 11) is 0. The zero-order valence-corrected chi connectivity index (χ0v) is 8.02. The van der Waals surface area contributed by atoms with Crippen LogP contribution in [0.3, 0.4) is 0 Å². The van der Waals surface area contributed by atoms with Crippen LogP contribution in [0.4, 0.5) is 0 Å². The summed E-state index contributed by atoms with van der Waals surface area (Å²) >= 11 is 4.78. The summed E-state index contributed by atoms with van der Waals surface area (Å²) in [6, 6.07) is 1.92. The molecule has 2 nitrogen and oxygen atoms in total. The first-order valence-corrected chi connectivity index (χ1v) is 4.76. The molecular formula is C7H6BrNOS. The smallest absolute Gasteiger partial charge is 0.0938 e. The van der Waals surface area contributed by atoms with Crippen molar-refractivity contribution in [2.75, 3.05) is 0 Å². The maximum absolute atomic E-state index is 9.34. The van der Waals surface area contributed by atoms with Gasteiger partial charge in [0.25, 0.3) is 0 Å². The van der Waals surface area contributed by atoms with Crippen molar-refractivity contribution in [3.63, 3.8) is 0 Å². The number of hydrogen-bond acceptors (Lipinski definition) is 3. The molecular weight excluding hydrogens is 226 g/mol. The van der Waals surface area contributed by atoms with Gasteiger partial charge in [-0.1, -0.05) is 0 Å². The second-order valence-electron chi connectivity index (χ2n) is 2.05. The molecule has 1 heterocycles. The molecule has 0 aromatic carbocycles. The Hall–Kier alpha value is -0.370. The summed E-state index contributed by atoms with van der Waals surface area (Å²) < 4.78 is 0.880. The number of nitriles is 1. The van der Waals surface area contributed by atoms with Gasteiger partial charge in [-0.2, -0.15) is 16.6 Å². The van der Waals surface area contributed by atoms with E-state index >= 15 is 0 Å². The van der Waals surface area contributed by atoms with Crippen LogP contribution < -0.4 is 0 Å². The zero-order valence-electron chi connectivity index (χ0n) is 5.62. The summed E-state index contributed by atoms with van der Waals surface area (Å²) in [4.78, 5) is 0. The van der Waals surface area contributed by atoms with Crippen LogP contribution in [-0.4, -0.2) is 5.11 Å². The number of hydrogen-bond donors (Lipinski definition) is 1. The van der Waals surface area contributed by atoms with Gasteiger partial charge in [-0.15, -0.1) is 0 Å².